The summed E-state index contributed by atoms with van der Waals surface area (Å²) >= 11 is 0. The zero-order valence-corrected chi connectivity index (χ0v) is 40.8. The van der Waals surface area contributed by atoms with Gasteiger partial charge in [-0.2, -0.15) is 0 Å². The number of hydrogen-bond donors (Lipinski definition) is 9. The van der Waals surface area contributed by atoms with Crippen LogP contribution in [0.1, 0.15) is 61.4 Å². The van der Waals surface area contributed by atoms with Crippen molar-refractivity contribution in [1.82, 2.24) is 45.8 Å². The summed E-state index contributed by atoms with van der Waals surface area (Å²) in [6, 6.07) is 4.30. The van der Waals surface area contributed by atoms with Crippen molar-refractivity contribution in [2.24, 2.45) is 16.5 Å². The Hall–Kier alpha value is -4.73. The fourth-order valence-corrected chi connectivity index (χ4v) is 7.75. The van der Waals surface area contributed by atoms with Gasteiger partial charge in [0.15, 0.2) is 5.96 Å². The summed E-state index contributed by atoms with van der Waals surface area (Å²) in [4.78, 5) is 111. The van der Waals surface area contributed by atoms with Gasteiger partial charge in [-0.25, -0.2) is 0 Å². The number of nitrogens with zero attached hydrogens (tertiary/aromatic N) is 6. The Morgan fingerprint density at radius 1 is 0.743 bits per heavy atom. The second-order valence-electron chi connectivity index (χ2n) is 17.1. The molecule has 1 aromatic carbocycles. The first-order chi connectivity index (χ1) is 32.7. The molecule has 0 unspecified atom stereocenters. The molecule has 396 valence electrons. The van der Waals surface area contributed by atoms with Gasteiger partial charge in [0.05, 0.1) is 36.5 Å². The van der Waals surface area contributed by atoms with E-state index in [1.807, 2.05) is 0 Å². The van der Waals surface area contributed by atoms with Gasteiger partial charge in [0, 0.05) is 110 Å². The molecule has 11 N–H and O–H groups in total. The molecule has 28 heteroatoms. The fraction of sp³-hybridized carbons (Fsp3) is 0.643. The Morgan fingerprint density at radius 2 is 1.26 bits per heavy atom. The van der Waals surface area contributed by atoms with Crippen LogP contribution >= 0.6 is 0 Å². The van der Waals surface area contributed by atoms with Gasteiger partial charge in [0.25, 0.3) is 5.91 Å². The van der Waals surface area contributed by atoms with Crippen LogP contribution in [-0.4, -0.2) is 222 Å². The molecule has 0 radical (unpaired) electrons. The van der Waals surface area contributed by atoms with E-state index < -0.39 is 92.4 Å². The number of unbranched alkanes of at least 4 members (excludes halogenated alkanes) is 1. The number of carboxylic acid groups (broad SMARTS) is 3. The fourth-order valence-electron chi connectivity index (χ4n) is 7.75. The average molecular weight is 1150 g/mol. The van der Waals surface area contributed by atoms with E-state index in [9.17, 15) is 68.8 Å². The van der Waals surface area contributed by atoms with Crippen molar-refractivity contribution < 1.29 is 106 Å². The van der Waals surface area contributed by atoms with Crippen LogP contribution in [0.25, 0.3) is 0 Å². The Balaban J connectivity index is 0.0000168. The van der Waals surface area contributed by atoms with Crippen LogP contribution in [0.2, 0.25) is 0 Å². The average Bonchev–Trinajstić information content (AvgIpc) is 3.68. The molecule has 3 rings (SSSR count). The first-order valence-corrected chi connectivity index (χ1v) is 22.8. The summed E-state index contributed by atoms with van der Waals surface area (Å²) < 4.78 is 0. The maximum Gasteiger partial charge on any atom is 3.00 e. The number of carbonyl (C=O) groups is 8. The standard InChI is InChI=1S/C42H69BN12O14.Lu/c1-28(41(67)55-23-31(56)21-33(55)43(68)69)49-39(65)30-9-7-29(8-10-30)22-48-34(57)6-2-3-11-46-40(66)32(5-4-12-47-42(44)45)50-35(58)24-51-13-15-52(25-36(59)60)17-19-54(27-38(63)64)20-18-53(16-14-51)26-37(61)62;/h7-10,28,31-33,56,68-69H,2-6,11-27H2,1H3,(H,46,66)(H,48,57)(H,49,65)(H,50,58)(H,59,60)(H,61,62)(H,63,64)(H4,44,45,47);/q;+3/p-3/t28-,31+,32+,33+;/m1./s1. The second-order valence-corrected chi connectivity index (χ2v) is 17.1. The van der Waals surface area contributed by atoms with Crippen molar-refractivity contribution in [1.29, 1.82) is 0 Å². The van der Waals surface area contributed by atoms with E-state index in [1.54, 1.807) is 26.8 Å². The number of amides is 5. The van der Waals surface area contributed by atoms with Crippen LogP contribution in [0.4, 0.5) is 0 Å². The molecule has 2 saturated heterocycles. The summed E-state index contributed by atoms with van der Waals surface area (Å²) in [5.41, 5.74) is 11.8. The number of hydrogen-bond acceptors (Lipinski definition) is 19. The van der Waals surface area contributed by atoms with Crippen molar-refractivity contribution in [3.05, 3.63) is 35.4 Å². The predicted octanol–water partition coefficient (Wildman–Crippen LogP) is -9.31. The third-order valence-corrected chi connectivity index (χ3v) is 11.5. The van der Waals surface area contributed by atoms with Gasteiger partial charge in [-0.1, -0.05) is 12.1 Å². The first kappa shape index (κ1) is 61.4. The molecule has 70 heavy (non-hydrogen) atoms. The van der Waals surface area contributed by atoms with Gasteiger partial charge in [0.1, 0.15) is 12.1 Å². The van der Waals surface area contributed by atoms with Crippen molar-refractivity contribution in [3.8, 4) is 0 Å². The zero-order chi connectivity index (χ0) is 51.0. The Kier molecular flexibility index (Phi) is 28.3. The number of nitrogens with one attached hydrogen (secondary N) is 4. The second kappa shape index (κ2) is 32.3. The van der Waals surface area contributed by atoms with Crippen LogP contribution in [0.5, 0.6) is 0 Å². The molecule has 5 amide bonds. The zero-order valence-electron chi connectivity index (χ0n) is 39.2. The van der Waals surface area contributed by atoms with E-state index in [0.29, 0.717) is 24.8 Å². The molecule has 0 saturated carbocycles. The van der Waals surface area contributed by atoms with Crippen LogP contribution in [0.3, 0.4) is 0 Å². The molecule has 26 nitrogen and oxygen atoms in total. The van der Waals surface area contributed by atoms with Crippen LogP contribution in [-0.2, 0) is 40.1 Å². The number of benzene rings is 1. The van der Waals surface area contributed by atoms with Crippen molar-refractivity contribution in [2.45, 2.75) is 76.1 Å². The monoisotopic (exact) mass is 1150 g/mol. The number of aliphatic imine (C=N–C) groups is 1. The molecule has 0 aliphatic carbocycles. The number of carboxylic acids is 3. The molecule has 1 aromatic rings. The smallest absolute Gasteiger partial charge is 0.549 e. The predicted molar refractivity (Wildman–Crippen MR) is 241 cm³/mol. The molecule has 0 spiro atoms. The minimum atomic E-state index is -1.84. The number of aliphatic hydroxyl groups excluding tert-OH is 1. The third-order valence-electron chi connectivity index (χ3n) is 11.5. The molecule has 2 heterocycles. The maximum absolute atomic E-state index is 13.5. The Labute approximate surface area is 435 Å². The first-order valence-electron chi connectivity index (χ1n) is 22.8. The normalized spacial score (nSPS) is 18.4. The molecule has 2 aliphatic rings. The number of aliphatic carboxylic acids is 3. The number of likely N-dealkylation sites (tertiary alicyclic amines) is 1. The van der Waals surface area contributed by atoms with E-state index in [4.69, 9.17) is 11.5 Å². The van der Waals surface area contributed by atoms with E-state index in [2.05, 4.69) is 26.3 Å². The van der Waals surface area contributed by atoms with E-state index in [0.717, 1.165) is 4.90 Å². The van der Waals surface area contributed by atoms with E-state index >= 15 is 0 Å². The minimum Gasteiger partial charge on any atom is -0.549 e. The number of carbonyl (C=O) groups excluding carboxylic acids is 8. The molecule has 2 fully saturated rings. The third kappa shape index (κ3) is 23.9. The summed E-state index contributed by atoms with van der Waals surface area (Å²) in [6.45, 7) is 1.38. The van der Waals surface area contributed by atoms with Gasteiger partial charge in [0.2, 0.25) is 23.6 Å². The van der Waals surface area contributed by atoms with Gasteiger partial charge in [-0.15, -0.1) is 0 Å². The summed E-state index contributed by atoms with van der Waals surface area (Å²) in [7, 11) is -1.84. The minimum absolute atomic E-state index is 0. The number of guanidine groups is 1. The summed E-state index contributed by atoms with van der Waals surface area (Å²) in [6.07, 6.45) is 0.530. The number of rotatable bonds is 25. The summed E-state index contributed by atoms with van der Waals surface area (Å²) in [5, 5.41) is 74.4. The van der Waals surface area contributed by atoms with E-state index in [1.165, 1.54) is 24.0 Å². The van der Waals surface area contributed by atoms with E-state index in [-0.39, 0.29) is 159 Å². The maximum atomic E-state index is 13.5. The SMILES string of the molecule is C[C@@H](NC(=O)c1ccc(CNC(=O)CCCCNC(=O)[C@H](CCCN=C(N)N)NC(=O)CN2CCN(CC(=O)[O-])CCN(CC(=O)[O-])CCN(CC(=O)[O-])CC2)cc1)C(=O)N1C[C@@H](O)C[C@H]1B(O)O.[Lu+3]. The topological polar surface area (TPSA) is 395 Å². The van der Waals surface area contributed by atoms with Gasteiger partial charge < -0.3 is 82.5 Å². The molecule has 0 bridgehead atoms. The molecule has 0 aromatic heterocycles. The number of aliphatic hydroxyl groups is 1. The molecule has 2 aliphatic heterocycles. The van der Waals surface area contributed by atoms with Crippen molar-refractivity contribution in [3.63, 3.8) is 0 Å². The largest absolute Gasteiger partial charge is 3.00 e. The number of β-amino-alcohol motifs (C(OH)–C–C–N with tert-alkyl or cyclic N) is 1. The van der Waals surface area contributed by atoms with Crippen LogP contribution < -0.4 is 48.1 Å². The van der Waals surface area contributed by atoms with Crippen molar-refractivity contribution in [2.75, 3.05) is 98.2 Å². The molecular formula is C42H66BLuN12O14. The Morgan fingerprint density at radius 3 is 1.74 bits per heavy atom. The van der Waals surface area contributed by atoms with Crippen LogP contribution in [0, 0.1) is 36.9 Å². The number of nitrogens with two attached hydrogens (primary N) is 2. The quantitative estimate of drug-likeness (QED) is 0.0190. The Bertz CT molecular complexity index is 1890. The van der Waals surface area contributed by atoms with Gasteiger partial charge >= 0.3 is 44.0 Å². The van der Waals surface area contributed by atoms with Gasteiger partial charge in [-0.3, -0.25) is 48.6 Å². The van der Waals surface area contributed by atoms with Crippen molar-refractivity contribution >= 4 is 60.5 Å². The summed E-state index contributed by atoms with van der Waals surface area (Å²) in [5.74, 6) is -7.61. The molecular weight excluding hydrogens is 1080 g/mol. The molecule has 4 atom stereocenters. The van der Waals surface area contributed by atoms with Gasteiger partial charge in [-0.05, 0) is 56.7 Å². The van der Waals surface area contributed by atoms with Crippen LogP contribution in [0.15, 0.2) is 29.3 Å².